The summed E-state index contributed by atoms with van der Waals surface area (Å²) >= 11 is 6.24. The van der Waals surface area contributed by atoms with Gasteiger partial charge in [-0.1, -0.05) is 96.5 Å². The number of likely N-dealkylation sites (tertiary alicyclic amines) is 1. The predicted molar refractivity (Wildman–Crippen MR) is 250 cm³/mol. The molecular weight excluding hydrogens is 858 g/mol. The van der Waals surface area contributed by atoms with E-state index < -0.39 is 52.2 Å². The topological polar surface area (TPSA) is 206 Å². The molecule has 0 radical (unpaired) electrons. The van der Waals surface area contributed by atoms with Gasteiger partial charge in [-0.2, -0.15) is 10.5 Å². The van der Waals surface area contributed by atoms with Gasteiger partial charge in [0.1, 0.15) is 42.4 Å². The van der Waals surface area contributed by atoms with E-state index in [4.69, 9.17) is 26.3 Å². The lowest BCUT2D eigenvalue weighted by atomic mass is 9.49. The highest BCUT2D eigenvalue weighted by Crippen LogP contribution is 2.55. The highest BCUT2D eigenvalue weighted by Gasteiger charge is 2.64. The Morgan fingerprint density at radius 1 is 0.879 bits per heavy atom. The Hall–Kier alpha value is -6.45. The number of nitriles is 2. The van der Waals surface area contributed by atoms with E-state index >= 15 is 0 Å². The molecule has 2 aliphatic rings. The van der Waals surface area contributed by atoms with Gasteiger partial charge in [0, 0.05) is 54.6 Å². The monoisotopic (exact) mass is 915 g/mol. The van der Waals surface area contributed by atoms with Crippen molar-refractivity contribution in [2.24, 2.45) is 16.2 Å². The first kappa shape index (κ1) is 49.0. The lowest BCUT2D eigenvalue weighted by Gasteiger charge is -2.63. The number of rotatable bonds is 16. The molecule has 1 saturated heterocycles. The molecule has 0 bridgehead atoms. The maximum Gasteiger partial charge on any atom is 0.251 e. The summed E-state index contributed by atoms with van der Waals surface area (Å²) in [5, 5.41) is 41.0. The summed E-state index contributed by atoms with van der Waals surface area (Å²) in [4.78, 5) is 55.1. The third kappa shape index (κ3) is 11.3. The summed E-state index contributed by atoms with van der Waals surface area (Å²) in [5.41, 5.74) is 2.58. The molecule has 5 N–H and O–H groups in total. The number of nitrogens with zero attached hydrogens (tertiary/aromatic N) is 3. The minimum Gasteiger partial charge on any atom is -0.492 e. The molecule has 0 aromatic heterocycles. The van der Waals surface area contributed by atoms with Crippen LogP contribution in [-0.2, 0) is 20.9 Å². The highest BCUT2D eigenvalue weighted by atomic mass is 35.5. The fourth-order valence-corrected chi connectivity index (χ4v) is 9.36. The lowest BCUT2D eigenvalue weighted by molar-refractivity contribution is -0.164. The minimum atomic E-state index is -0.960. The Kier molecular flexibility index (Phi) is 15.1. The zero-order valence-electron chi connectivity index (χ0n) is 38.4. The van der Waals surface area contributed by atoms with Crippen LogP contribution in [0.4, 0.5) is 0 Å². The van der Waals surface area contributed by atoms with Crippen molar-refractivity contribution >= 4 is 35.2 Å². The van der Waals surface area contributed by atoms with Crippen molar-refractivity contribution in [1.82, 2.24) is 26.2 Å². The average molecular weight is 917 g/mol. The number of ether oxygens (including phenoxy) is 2. The van der Waals surface area contributed by atoms with E-state index in [9.17, 15) is 29.5 Å². The Bertz CT molecular complexity index is 2470. The molecule has 66 heavy (non-hydrogen) atoms. The second-order valence-electron chi connectivity index (χ2n) is 19.2. The number of amides is 4. The molecule has 4 aromatic carbocycles. The molecule has 14 nitrogen and oxygen atoms in total. The Morgan fingerprint density at radius 3 is 2.09 bits per heavy atom. The molecule has 2 fully saturated rings. The van der Waals surface area contributed by atoms with E-state index in [1.807, 2.05) is 57.2 Å². The number of β-amino-alcohol motifs (C(OH)–C–C–N with tert-alkyl or cyclic N) is 1. The first-order valence-electron chi connectivity index (χ1n) is 22.0. The van der Waals surface area contributed by atoms with Crippen molar-refractivity contribution < 1.29 is 33.8 Å². The number of nitrogens with one attached hydrogen (secondary N) is 4. The normalized spacial score (nSPS) is 19.8. The molecule has 15 heteroatoms. The van der Waals surface area contributed by atoms with Crippen LogP contribution in [0.15, 0.2) is 91.0 Å². The van der Waals surface area contributed by atoms with Crippen LogP contribution in [0, 0.1) is 38.9 Å². The molecule has 4 aromatic rings. The molecule has 1 saturated carbocycles. The van der Waals surface area contributed by atoms with Gasteiger partial charge in [0.25, 0.3) is 5.91 Å². The van der Waals surface area contributed by atoms with Crippen LogP contribution in [0.2, 0.25) is 5.02 Å². The highest BCUT2D eigenvalue weighted by molar-refractivity contribution is 6.31. The number of benzene rings is 4. The second kappa shape index (κ2) is 20.4. The van der Waals surface area contributed by atoms with Gasteiger partial charge in [0.15, 0.2) is 0 Å². The third-order valence-corrected chi connectivity index (χ3v) is 12.7. The van der Waals surface area contributed by atoms with E-state index in [0.29, 0.717) is 39.8 Å². The molecule has 4 amide bonds. The average Bonchev–Trinajstić information content (AvgIpc) is 3.69. The van der Waals surface area contributed by atoms with Crippen LogP contribution >= 0.6 is 11.6 Å². The van der Waals surface area contributed by atoms with Crippen LogP contribution in [0.5, 0.6) is 11.5 Å². The van der Waals surface area contributed by atoms with Crippen molar-refractivity contribution in [1.29, 1.82) is 10.5 Å². The molecular formula is C51H58ClN7O7. The van der Waals surface area contributed by atoms with E-state index in [0.717, 1.165) is 16.7 Å². The van der Waals surface area contributed by atoms with Crippen molar-refractivity contribution in [2.45, 2.75) is 91.8 Å². The van der Waals surface area contributed by atoms with Gasteiger partial charge < -0.3 is 40.7 Å². The molecule has 1 unspecified atom stereocenters. The Labute approximate surface area is 391 Å². The SMILES string of the molecule is CC(C)(C)C(NC(=O)CNCCOc1ccc(-c2ccc(C(=O)NC3C(C)(C)C(Oc4ccc(C#N)c(Cl)c4)C3(C)C)cc2)cc1)C(=O)N1C[C@H](O)C[C@H]1C(=O)NCc1ccc(C#N)cc1. The lowest BCUT2D eigenvalue weighted by Crippen LogP contribution is -2.74. The molecule has 3 atom stereocenters. The number of hydrogen-bond donors (Lipinski definition) is 5. The van der Waals surface area contributed by atoms with Crippen LogP contribution in [0.3, 0.4) is 0 Å². The number of carbonyl (C=O) groups is 4. The molecule has 1 heterocycles. The van der Waals surface area contributed by atoms with E-state index in [1.165, 1.54) is 4.90 Å². The first-order chi connectivity index (χ1) is 31.2. The molecule has 0 spiro atoms. The van der Waals surface area contributed by atoms with E-state index in [-0.39, 0.29) is 50.7 Å². The standard InChI is InChI=1S/C51H58ClN7O7/c1-49(2,3)43(46(64)59-30-37(60)24-41(59)45(63)56-28-32-10-8-31(26-53)9-11-32)57-42(61)29-55-22-23-65-38-19-16-34(17-20-38)33-12-14-35(15-13-33)44(62)58-47-50(4,5)48(51(47,6)7)66-39-21-18-36(27-54)40(52)25-39/h8-21,25,37,41,43,47-48,55,60H,22-24,28-30H2,1-7H3,(H,56,63)(H,57,61)(H,58,62)/t37-,41+,43?,47?,48?/m1/s1. The fourth-order valence-electron chi connectivity index (χ4n) is 9.15. The van der Waals surface area contributed by atoms with Crippen molar-refractivity contribution in [3.63, 3.8) is 0 Å². The van der Waals surface area contributed by atoms with Crippen LogP contribution in [0.1, 0.15) is 81.9 Å². The number of aliphatic hydroxyl groups is 1. The summed E-state index contributed by atoms with van der Waals surface area (Å²) in [6.07, 6.45) is -1.03. The smallest absolute Gasteiger partial charge is 0.251 e. The van der Waals surface area contributed by atoms with Gasteiger partial charge in [-0.25, -0.2) is 0 Å². The molecule has 1 aliphatic carbocycles. The van der Waals surface area contributed by atoms with Gasteiger partial charge >= 0.3 is 0 Å². The van der Waals surface area contributed by atoms with Gasteiger partial charge in [0.05, 0.1) is 34.9 Å². The quantitative estimate of drug-likeness (QED) is 0.0812. The van der Waals surface area contributed by atoms with Crippen LogP contribution in [-0.4, -0.2) is 90.2 Å². The van der Waals surface area contributed by atoms with Gasteiger partial charge in [-0.3, -0.25) is 19.2 Å². The summed E-state index contributed by atoms with van der Waals surface area (Å²) < 4.78 is 12.3. The maximum absolute atomic E-state index is 13.9. The third-order valence-electron chi connectivity index (χ3n) is 12.4. The van der Waals surface area contributed by atoms with Crippen molar-refractivity contribution in [2.75, 3.05) is 26.2 Å². The summed E-state index contributed by atoms with van der Waals surface area (Å²) in [6.45, 7) is 14.4. The van der Waals surface area contributed by atoms with E-state index in [1.54, 1.807) is 54.6 Å². The number of aliphatic hydroxyl groups excluding tert-OH is 1. The fraction of sp³-hybridized carbons (Fsp3) is 0.412. The summed E-state index contributed by atoms with van der Waals surface area (Å²) in [7, 11) is 0. The zero-order chi connectivity index (χ0) is 48.0. The Morgan fingerprint density at radius 2 is 1.50 bits per heavy atom. The number of carbonyl (C=O) groups excluding carboxylic acids is 4. The second-order valence-corrected chi connectivity index (χ2v) is 19.6. The van der Waals surface area contributed by atoms with Crippen LogP contribution in [0.25, 0.3) is 11.1 Å². The van der Waals surface area contributed by atoms with Gasteiger partial charge in [-0.05, 0) is 70.6 Å². The molecule has 346 valence electrons. The zero-order valence-corrected chi connectivity index (χ0v) is 39.2. The van der Waals surface area contributed by atoms with Gasteiger partial charge in [-0.15, -0.1) is 0 Å². The number of hydrogen-bond acceptors (Lipinski definition) is 10. The minimum absolute atomic E-state index is 0.0327. The molecule has 1 aliphatic heterocycles. The van der Waals surface area contributed by atoms with Gasteiger partial charge in [0.2, 0.25) is 17.7 Å². The predicted octanol–water partition coefficient (Wildman–Crippen LogP) is 6.14. The Balaban J connectivity index is 0.936. The maximum atomic E-state index is 13.9. The van der Waals surface area contributed by atoms with Crippen molar-refractivity contribution in [3.8, 4) is 34.8 Å². The first-order valence-corrected chi connectivity index (χ1v) is 22.4. The summed E-state index contributed by atoms with van der Waals surface area (Å²) in [5.74, 6) is -0.241. The number of halogens is 1. The van der Waals surface area contributed by atoms with E-state index in [2.05, 4.69) is 61.1 Å². The molecule has 6 rings (SSSR count). The largest absolute Gasteiger partial charge is 0.492 e. The van der Waals surface area contributed by atoms with Crippen LogP contribution < -0.4 is 30.7 Å². The summed E-state index contributed by atoms with van der Waals surface area (Å²) in [6, 6.07) is 28.9. The van der Waals surface area contributed by atoms with Crippen molar-refractivity contribution in [3.05, 3.63) is 118 Å².